The Morgan fingerprint density at radius 1 is 0.600 bits per heavy atom. The fourth-order valence-corrected chi connectivity index (χ4v) is 7.85. The number of para-hydroxylation sites is 5. The molecule has 0 atom stereocenters. The van der Waals surface area contributed by atoms with Crippen molar-refractivity contribution in [2.45, 2.75) is 0 Å². The SMILES string of the molecule is [c-]1n(-c2c(-c3ccccc3)cccc2-c2ccccc2)c2ccccc2[n+]1-c1cccc(Oc2cn3c4c(cccc4n4ccnc43)c3ccccc3o2)c1. The van der Waals surface area contributed by atoms with Gasteiger partial charge in [0.15, 0.2) is 0 Å². The molecule has 0 aliphatic carbocycles. The molecule has 11 rings (SSSR count). The lowest BCUT2D eigenvalue weighted by molar-refractivity contribution is -0.572. The van der Waals surface area contributed by atoms with E-state index in [2.05, 4.69) is 153 Å². The fourth-order valence-electron chi connectivity index (χ4n) is 7.85. The van der Waals surface area contributed by atoms with Gasteiger partial charge in [0.1, 0.15) is 11.3 Å². The molecule has 55 heavy (non-hydrogen) atoms. The third-order valence-corrected chi connectivity index (χ3v) is 10.3. The first-order valence-corrected chi connectivity index (χ1v) is 18.2. The lowest BCUT2D eigenvalue weighted by Crippen LogP contribution is -2.29. The van der Waals surface area contributed by atoms with E-state index in [1.807, 2.05) is 59.4 Å². The van der Waals surface area contributed by atoms with Crippen LogP contribution >= 0.6 is 0 Å². The van der Waals surface area contributed by atoms with Crippen LogP contribution < -0.4 is 9.30 Å². The van der Waals surface area contributed by atoms with Crippen molar-refractivity contribution in [1.82, 2.24) is 18.4 Å². The average Bonchev–Trinajstić information content (AvgIpc) is 3.95. The van der Waals surface area contributed by atoms with Gasteiger partial charge in [-0.1, -0.05) is 140 Å². The molecule has 0 saturated heterocycles. The highest BCUT2D eigenvalue weighted by molar-refractivity contribution is 6.09. The van der Waals surface area contributed by atoms with Gasteiger partial charge in [-0.3, -0.25) is 17.9 Å². The van der Waals surface area contributed by atoms with Crippen molar-refractivity contribution in [3.8, 4) is 45.3 Å². The van der Waals surface area contributed by atoms with Crippen molar-refractivity contribution in [3.63, 3.8) is 0 Å². The van der Waals surface area contributed by atoms with E-state index in [0.717, 1.165) is 72.2 Å². The van der Waals surface area contributed by atoms with Crippen LogP contribution in [0.1, 0.15) is 0 Å². The Bertz CT molecular complexity index is 3190. The van der Waals surface area contributed by atoms with E-state index in [-0.39, 0.29) is 0 Å². The molecule has 11 aromatic rings. The van der Waals surface area contributed by atoms with E-state index in [9.17, 15) is 0 Å². The minimum absolute atomic E-state index is 0.321. The highest BCUT2D eigenvalue weighted by Gasteiger charge is 2.20. The van der Waals surface area contributed by atoms with E-state index in [1.165, 1.54) is 0 Å². The summed E-state index contributed by atoms with van der Waals surface area (Å²) < 4.78 is 21.7. The molecular weight excluding hydrogens is 679 g/mol. The zero-order chi connectivity index (χ0) is 36.3. The van der Waals surface area contributed by atoms with E-state index in [0.29, 0.717) is 17.3 Å². The molecule has 0 saturated carbocycles. The maximum atomic E-state index is 6.66. The molecule has 0 N–H and O–H groups in total. The van der Waals surface area contributed by atoms with Crippen LogP contribution in [0.3, 0.4) is 0 Å². The minimum Gasteiger partial charge on any atom is -0.425 e. The first-order chi connectivity index (χ1) is 27.3. The zero-order valence-corrected chi connectivity index (χ0v) is 29.5. The average molecular weight is 710 g/mol. The van der Waals surface area contributed by atoms with Crippen LogP contribution in [0.2, 0.25) is 0 Å². The van der Waals surface area contributed by atoms with Gasteiger partial charge in [-0.15, -0.1) is 0 Å². The van der Waals surface area contributed by atoms with Gasteiger partial charge in [0.2, 0.25) is 5.78 Å². The third-order valence-electron chi connectivity index (χ3n) is 10.3. The van der Waals surface area contributed by atoms with Gasteiger partial charge in [-0.2, -0.15) is 0 Å². The molecule has 7 aromatic carbocycles. The molecule has 0 fully saturated rings. The van der Waals surface area contributed by atoms with Crippen molar-refractivity contribution in [2.75, 3.05) is 0 Å². The summed E-state index contributed by atoms with van der Waals surface area (Å²) in [6, 6.07) is 58.4. The molecule has 7 nitrogen and oxygen atoms in total. The minimum atomic E-state index is 0.321. The summed E-state index contributed by atoms with van der Waals surface area (Å²) in [7, 11) is 0. The number of hydrogen-bond donors (Lipinski definition) is 0. The molecule has 4 aromatic heterocycles. The summed E-state index contributed by atoms with van der Waals surface area (Å²) in [5.74, 6) is 1.70. The van der Waals surface area contributed by atoms with E-state index in [1.54, 1.807) is 0 Å². The Balaban J connectivity index is 1.09. The Morgan fingerprint density at radius 3 is 2.09 bits per heavy atom. The number of benzene rings is 7. The molecule has 0 aliphatic rings. The van der Waals surface area contributed by atoms with Gasteiger partial charge in [0, 0.05) is 23.2 Å². The summed E-state index contributed by atoms with van der Waals surface area (Å²) in [5.41, 5.74) is 11.3. The molecule has 0 bridgehead atoms. The summed E-state index contributed by atoms with van der Waals surface area (Å²) >= 11 is 0. The predicted molar refractivity (Wildman–Crippen MR) is 217 cm³/mol. The number of ether oxygens (including phenoxy) is 1. The smallest absolute Gasteiger partial charge is 0.307 e. The van der Waals surface area contributed by atoms with Crippen molar-refractivity contribution in [3.05, 3.63) is 195 Å². The van der Waals surface area contributed by atoms with E-state index in [4.69, 9.17) is 14.1 Å². The lowest BCUT2D eigenvalue weighted by Gasteiger charge is -2.17. The van der Waals surface area contributed by atoms with Crippen LogP contribution in [0.25, 0.3) is 77.8 Å². The Labute approximate surface area is 315 Å². The standard InChI is InChI=1S/C48H31N5O2/c1-3-14-33(15-4-1)37-21-12-22-38(34-16-5-2-6-17-34)46(37)53-32-52(41-24-8-9-25-42(41)53)35-18-11-19-36(30-35)54-45-31-51-47-40(39-20-7-10-27-44(39)55-45)23-13-26-43(47)50-29-28-49-48(50)51/h1-31H. The van der Waals surface area contributed by atoms with Crippen molar-refractivity contribution in [1.29, 1.82) is 0 Å². The largest absolute Gasteiger partial charge is 0.425 e. The second-order valence-electron chi connectivity index (χ2n) is 13.5. The Morgan fingerprint density at radius 2 is 1.27 bits per heavy atom. The topological polar surface area (TPSA) is 52.9 Å². The van der Waals surface area contributed by atoms with Crippen molar-refractivity contribution < 1.29 is 13.7 Å². The van der Waals surface area contributed by atoms with Crippen LogP contribution in [0, 0.1) is 6.33 Å². The van der Waals surface area contributed by atoms with Gasteiger partial charge >= 0.3 is 5.95 Å². The molecular formula is C48H31N5O2. The molecule has 0 radical (unpaired) electrons. The Kier molecular flexibility index (Phi) is 7.03. The van der Waals surface area contributed by atoms with Crippen LogP contribution in [0.4, 0.5) is 0 Å². The van der Waals surface area contributed by atoms with Crippen LogP contribution in [0.15, 0.2) is 193 Å². The maximum absolute atomic E-state index is 6.66. The Hall–Kier alpha value is -7.64. The molecule has 0 unspecified atom stereocenters. The van der Waals surface area contributed by atoms with Crippen LogP contribution in [0.5, 0.6) is 11.7 Å². The molecule has 0 amide bonds. The highest BCUT2D eigenvalue weighted by atomic mass is 16.6. The van der Waals surface area contributed by atoms with Gasteiger partial charge in [-0.05, 0) is 52.6 Å². The number of nitrogens with zero attached hydrogens (tertiary/aromatic N) is 5. The predicted octanol–water partition coefficient (Wildman–Crippen LogP) is 11.2. The lowest BCUT2D eigenvalue weighted by atomic mass is 9.95. The molecule has 260 valence electrons. The van der Waals surface area contributed by atoms with E-state index < -0.39 is 0 Å². The zero-order valence-electron chi connectivity index (χ0n) is 29.5. The molecule has 4 heterocycles. The molecule has 0 aliphatic heterocycles. The first kappa shape index (κ1) is 30.9. The van der Waals surface area contributed by atoms with Gasteiger partial charge in [0.25, 0.3) is 6.33 Å². The number of aromatic nitrogens is 5. The normalized spacial score (nSPS) is 11.6. The maximum Gasteiger partial charge on any atom is 0.307 e. The number of hydrogen-bond acceptors (Lipinski definition) is 3. The molecule has 0 spiro atoms. The third kappa shape index (κ3) is 5.05. The van der Waals surface area contributed by atoms with E-state index >= 15 is 0 Å². The summed E-state index contributed by atoms with van der Waals surface area (Å²) in [6.07, 6.45) is 9.43. The van der Waals surface area contributed by atoms with Crippen molar-refractivity contribution >= 4 is 44.2 Å². The second kappa shape index (κ2) is 12.5. The highest BCUT2D eigenvalue weighted by Crippen LogP contribution is 2.38. The fraction of sp³-hybridized carbons (Fsp3) is 0. The van der Waals surface area contributed by atoms with Gasteiger partial charge in [-0.25, -0.2) is 4.98 Å². The van der Waals surface area contributed by atoms with Gasteiger partial charge in [0.05, 0.1) is 39.6 Å². The van der Waals surface area contributed by atoms with Gasteiger partial charge < -0.3 is 9.15 Å². The number of imidazole rings is 3. The summed E-state index contributed by atoms with van der Waals surface area (Å²) in [4.78, 5) is 4.69. The summed E-state index contributed by atoms with van der Waals surface area (Å²) in [5, 5.41) is 2.03. The summed E-state index contributed by atoms with van der Waals surface area (Å²) in [6.45, 7) is 0. The van der Waals surface area contributed by atoms with Crippen molar-refractivity contribution in [2.24, 2.45) is 0 Å². The number of rotatable bonds is 6. The van der Waals surface area contributed by atoms with Crippen LogP contribution in [-0.4, -0.2) is 18.4 Å². The second-order valence-corrected chi connectivity index (χ2v) is 13.5. The molecule has 7 heteroatoms. The monoisotopic (exact) mass is 709 g/mol. The number of fused-ring (bicyclic) bond motifs is 6. The van der Waals surface area contributed by atoms with Crippen LogP contribution in [-0.2, 0) is 0 Å². The first-order valence-electron chi connectivity index (χ1n) is 18.2. The quantitative estimate of drug-likeness (QED) is 0.128.